The second-order valence-corrected chi connectivity index (χ2v) is 3.96. The van der Waals surface area contributed by atoms with Crippen molar-refractivity contribution >= 4 is 27.5 Å². The van der Waals surface area contributed by atoms with Crippen LogP contribution >= 0.6 is 15.9 Å². The molecule has 0 aliphatic carbocycles. The van der Waals surface area contributed by atoms with E-state index in [1.54, 1.807) is 6.92 Å². The van der Waals surface area contributed by atoms with Crippen LogP contribution in [0.4, 0.5) is 10.1 Å². The fraction of sp³-hybridized carbons (Fsp3) is 0.222. The lowest BCUT2D eigenvalue weighted by molar-refractivity contribution is -0.123. The summed E-state index contributed by atoms with van der Waals surface area (Å²) in [5.41, 5.74) is 1.38. The molecule has 1 amide bonds. The van der Waals surface area contributed by atoms with Crippen LogP contribution in [0, 0.1) is 12.7 Å². The van der Waals surface area contributed by atoms with Crippen molar-refractivity contribution in [3.05, 3.63) is 27.5 Å². The third kappa shape index (κ3) is 1.16. The van der Waals surface area contributed by atoms with Crippen LogP contribution in [0.3, 0.4) is 0 Å². The molecule has 3 nitrogen and oxygen atoms in total. The average Bonchev–Trinajstić information content (AvgIpc) is 2.41. The Hall–Kier alpha value is -0.940. The SMILES string of the molecule is Cc1cc(F)c(Br)c2c1NC(=O)C2O. The summed E-state index contributed by atoms with van der Waals surface area (Å²) in [4.78, 5) is 11.1. The largest absolute Gasteiger partial charge is 0.378 e. The molecular weight excluding hydrogens is 253 g/mol. The van der Waals surface area contributed by atoms with E-state index in [1.807, 2.05) is 0 Å². The van der Waals surface area contributed by atoms with Gasteiger partial charge >= 0.3 is 0 Å². The van der Waals surface area contributed by atoms with Gasteiger partial charge in [0.05, 0.1) is 10.2 Å². The Morgan fingerprint density at radius 1 is 1.64 bits per heavy atom. The molecule has 1 aliphatic rings. The predicted molar refractivity (Wildman–Crippen MR) is 52.4 cm³/mol. The van der Waals surface area contributed by atoms with Crippen LogP contribution in [0.15, 0.2) is 10.5 Å². The van der Waals surface area contributed by atoms with Gasteiger partial charge in [-0.3, -0.25) is 4.79 Å². The Morgan fingerprint density at radius 3 is 2.93 bits per heavy atom. The van der Waals surface area contributed by atoms with E-state index in [-0.39, 0.29) is 10.0 Å². The fourth-order valence-corrected chi connectivity index (χ4v) is 2.05. The van der Waals surface area contributed by atoms with Crippen molar-refractivity contribution in [1.82, 2.24) is 0 Å². The number of carbonyl (C=O) groups is 1. The van der Waals surface area contributed by atoms with Gasteiger partial charge in [-0.25, -0.2) is 4.39 Å². The Balaban J connectivity index is 2.73. The number of fused-ring (bicyclic) bond motifs is 1. The molecule has 0 fully saturated rings. The predicted octanol–water partition coefficient (Wildman–Crippen LogP) is 1.88. The highest BCUT2D eigenvalue weighted by Crippen LogP contribution is 2.40. The summed E-state index contributed by atoms with van der Waals surface area (Å²) in [5.74, 6) is -0.994. The maximum atomic E-state index is 13.2. The Bertz CT molecular complexity index is 433. The number of benzene rings is 1. The standard InChI is InChI=1S/C9H7BrFNO2/c1-3-2-4(11)6(10)5-7(3)12-9(14)8(5)13/h2,8,13H,1H3,(H,12,14). The highest BCUT2D eigenvalue weighted by atomic mass is 79.9. The smallest absolute Gasteiger partial charge is 0.257 e. The van der Waals surface area contributed by atoms with Gasteiger partial charge in [0, 0.05) is 5.56 Å². The second kappa shape index (κ2) is 3.03. The van der Waals surface area contributed by atoms with Crippen molar-refractivity contribution in [2.45, 2.75) is 13.0 Å². The maximum absolute atomic E-state index is 13.2. The highest BCUT2D eigenvalue weighted by molar-refractivity contribution is 9.10. The number of aliphatic hydroxyl groups is 1. The average molecular weight is 260 g/mol. The van der Waals surface area contributed by atoms with E-state index in [1.165, 1.54) is 6.07 Å². The summed E-state index contributed by atoms with van der Waals surface area (Å²) in [6, 6.07) is 1.31. The van der Waals surface area contributed by atoms with Crippen LogP contribution in [0.2, 0.25) is 0 Å². The van der Waals surface area contributed by atoms with Crippen molar-refractivity contribution in [3.63, 3.8) is 0 Å². The number of hydrogen-bond donors (Lipinski definition) is 2. The first kappa shape index (κ1) is 9.61. The Kier molecular flexibility index (Phi) is 2.08. The normalized spacial score (nSPS) is 19.4. The van der Waals surface area contributed by atoms with Gasteiger partial charge in [0.15, 0.2) is 6.10 Å². The van der Waals surface area contributed by atoms with Gasteiger partial charge in [-0.1, -0.05) is 0 Å². The number of carbonyl (C=O) groups excluding carboxylic acids is 1. The van der Waals surface area contributed by atoms with Gasteiger partial charge in [-0.2, -0.15) is 0 Å². The fourth-order valence-electron chi connectivity index (χ4n) is 1.52. The summed E-state index contributed by atoms with van der Waals surface area (Å²) in [5, 5.41) is 12.0. The molecule has 1 heterocycles. The molecule has 0 spiro atoms. The maximum Gasteiger partial charge on any atom is 0.257 e. The van der Waals surface area contributed by atoms with Crippen LogP contribution in [-0.2, 0) is 4.79 Å². The minimum atomic E-state index is -1.28. The summed E-state index contributed by atoms with van der Waals surface area (Å²) in [7, 11) is 0. The topological polar surface area (TPSA) is 49.3 Å². The molecule has 0 saturated carbocycles. The van der Waals surface area contributed by atoms with E-state index >= 15 is 0 Å². The molecule has 0 bridgehead atoms. The van der Waals surface area contributed by atoms with Crippen molar-refractivity contribution in [2.75, 3.05) is 5.32 Å². The number of nitrogens with one attached hydrogen (secondary N) is 1. The third-order valence-corrected chi connectivity index (χ3v) is 3.03. The van der Waals surface area contributed by atoms with E-state index in [9.17, 15) is 14.3 Å². The molecule has 1 aromatic rings. The van der Waals surface area contributed by atoms with Gasteiger partial charge in [0.2, 0.25) is 0 Å². The minimum absolute atomic E-state index is 0.143. The molecule has 1 atom stereocenters. The zero-order valence-electron chi connectivity index (χ0n) is 7.27. The molecule has 1 aromatic carbocycles. The molecule has 5 heteroatoms. The van der Waals surface area contributed by atoms with Gasteiger partial charge < -0.3 is 10.4 Å². The molecule has 1 aliphatic heterocycles. The molecule has 74 valence electrons. The monoisotopic (exact) mass is 259 g/mol. The number of amides is 1. The first-order valence-corrected chi connectivity index (χ1v) is 4.79. The number of aliphatic hydroxyl groups excluding tert-OH is 1. The lowest BCUT2D eigenvalue weighted by Crippen LogP contribution is -2.10. The van der Waals surface area contributed by atoms with Crippen LogP contribution < -0.4 is 5.32 Å². The zero-order chi connectivity index (χ0) is 10.5. The molecule has 2 rings (SSSR count). The molecular formula is C9H7BrFNO2. The Morgan fingerprint density at radius 2 is 2.29 bits per heavy atom. The van der Waals surface area contributed by atoms with Crippen molar-refractivity contribution in [2.24, 2.45) is 0 Å². The van der Waals surface area contributed by atoms with Crippen LogP contribution in [-0.4, -0.2) is 11.0 Å². The lowest BCUT2D eigenvalue weighted by atomic mass is 10.1. The number of rotatable bonds is 0. The van der Waals surface area contributed by atoms with Gasteiger partial charge in [0.1, 0.15) is 5.82 Å². The molecule has 1 unspecified atom stereocenters. The molecule has 0 aromatic heterocycles. The first-order valence-electron chi connectivity index (χ1n) is 3.99. The first-order chi connectivity index (χ1) is 6.52. The van der Waals surface area contributed by atoms with Crippen molar-refractivity contribution < 1.29 is 14.3 Å². The van der Waals surface area contributed by atoms with E-state index in [0.717, 1.165) is 0 Å². The number of anilines is 1. The van der Waals surface area contributed by atoms with Crippen LogP contribution in [0.25, 0.3) is 0 Å². The van der Waals surface area contributed by atoms with Gasteiger partial charge in [0.25, 0.3) is 5.91 Å². The summed E-state index contributed by atoms with van der Waals surface area (Å²) < 4.78 is 13.4. The highest BCUT2D eigenvalue weighted by Gasteiger charge is 2.33. The van der Waals surface area contributed by atoms with Gasteiger partial charge in [-0.05, 0) is 34.5 Å². The number of halogens is 2. The quantitative estimate of drug-likeness (QED) is 0.748. The summed E-state index contributed by atoms with van der Waals surface area (Å²) in [6.45, 7) is 1.67. The van der Waals surface area contributed by atoms with E-state index in [0.29, 0.717) is 11.3 Å². The molecule has 14 heavy (non-hydrogen) atoms. The third-order valence-electron chi connectivity index (χ3n) is 2.22. The molecule has 0 radical (unpaired) electrons. The minimum Gasteiger partial charge on any atom is -0.378 e. The van der Waals surface area contributed by atoms with Crippen molar-refractivity contribution in [1.29, 1.82) is 0 Å². The number of aryl methyl sites for hydroxylation is 1. The van der Waals surface area contributed by atoms with E-state index in [2.05, 4.69) is 21.2 Å². The summed E-state index contributed by atoms with van der Waals surface area (Å²) in [6.07, 6.45) is -1.28. The number of hydrogen-bond acceptors (Lipinski definition) is 2. The van der Waals surface area contributed by atoms with Crippen LogP contribution in [0.1, 0.15) is 17.2 Å². The molecule has 2 N–H and O–H groups in total. The van der Waals surface area contributed by atoms with E-state index in [4.69, 9.17) is 0 Å². The second-order valence-electron chi connectivity index (χ2n) is 3.17. The zero-order valence-corrected chi connectivity index (χ0v) is 8.85. The van der Waals surface area contributed by atoms with Crippen molar-refractivity contribution in [3.8, 4) is 0 Å². The summed E-state index contributed by atoms with van der Waals surface area (Å²) >= 11 is 3.01. The van der Waals surface area contributed by atoms with E-state index < -0.39 is 17.8 Å². The lowest BCUT2D eigenvalue weighted by Gasteiger charge is -2.07. The van der Waals surface area contributed by atoms with Gasteiger partial charge in [-0.15, -0.1) is 0 Å². The Labute approximate surface area is 88.1 Å². The van der Waals surface area contributed by atoms with Crippen LogP contribution in [0.5, 0.6) is 0 Å². The molecule has 0 saturated heterocycles.